The summed E-state index contributed by atoms with van der Waals surface area (Å²) in [6.07, 6.45) is 4.82. The second-order valence-electron chi connectivity index (χ2n) is 6.15. The number of nitrogens with one attached hydrogen (secondary N) is 1. The Labute approximate surface area is 120 Å². The fourth-order valence-electron chi connectivity index (χ4n) is 3.33. The average Bonchev–Trinajstić information content (AvgIpc) is 2.48. The molecule has 0 aromatic carbocycles. The smallest absolute Gasteiger partial charge is 0.306 e. The normalized spacial score (nSPS) is 29.6. The molecule has 1 saturated heterocycles. The lowest BCUT2D eigenvalue weighted by Gasteiger charge is -2.31. The van der Waals surface area contributed by atoms with Crippen LogP contribution in [0.15, 0.2) is 0 Å². The Kier molecular flexibility index (Phi) is 5.40. The molecule has 114 valence electrons. The van der Waals surface area contributed by atoms with Crippen LogP contribution < -0.4 is 5.32 Å². The molecule has 0 radical (unpaired) electrons. The van der Waals surface area contributed by atoms with Gasteiger partial charge in [0.2, 0.25) is 5.91 Å². The standard InChI is InChI=1S/C15H25NO4/c1-10(11-5-7-20-8-6-11)16-14(17)12-3-2-4-13(9-12)15(18)19/h10-13H,2-9H2,1H3,(H,16,17)(H,18,19). The molecular formula is C15H25NO4. The number of ether oxygens (including phenoxy) is 1. The maximum absolute atomic E-state index is 12.3. The first-order chi connectivity index (χ1) is 9.58. The van der Waals surface area contributed by atoms with E-state index in [1.54, 1.807) is 0 Å². The average molecular weight is 283 g/mol. The number of carboxylic acids is 1. The van der Waals surface area contributed by atoms with Gasteiger partial charge >= 0.3 is 5.97 Å². The molecule has 0 aromatic rings. The SMILES string of the molecule is CC(NC(=O)C1CCCC(C(=O)O)C1)C1CCOCC1. The largest absolute Gasteiger partial charge is 0.481 e. The van der Waals surface area contributed by atoms with Crippen LogP contribution in [0.5, 0.6) is 0 Å². The summed E-state index contributed by atoms with van der Waals surface area (Å²) in [7, 11) is 0. The van der Waals surface area contributed by atoms with E-state index >= 15 is 0 Å². The van der Waals surface area contributed by atoms with E-state index in [4.69, 9.17) is 9.84 Å². The second kappa shape index (κ2) is 7.07. The minimum absolute atomic E-state index is 0.0370. The Balaban J connectivity index is 1.82. The monoisotopic (exact) mass is 283 g/mol. The number of carbonyl (C=O) groups excluding carboxylic acids is 1. The molecule has 1 amide bonds. The van der Waals surface area contributed by atoms with Gasteiger partial charge in [0.1, 0.15) is 0 Å². The zero-order chi connectivity index (χ0) is 14.5. The Morgan fingerprint density at radius 3 is 2.45 bits per heavy atom. The number of hydrogen-bond donors (Lipinski definition) is 2. The van der Waals surface area contributed by atoms with Crippen LogP contribution in [-0.4, -0.2) is 36.2 Å². The summed E-state index contributed by atoms with van der Waals surface area (Å²) < 4.78 is 5.33. The minimum Gasteiger partial charge on any atom is -0.481 e. The number of carboxylic acid groups (broad SMARTS) is 1. The highest BCUT2D eigenvalue weighted by molar-refractivity contribution is 5.80. The molecule has 1 heterocycles. The van der Waals surface area contributed by atoms with Gasteiger partial charge < -0.3 is 15.2 Å². The van der Waals surface area contributed by atoms with Crippen LogP contribution in [0.1, 0.15) is 45.4 Å². The van der Waals surface area contributed by atoms with Crippen LogP contribution in [0.25, 0.3) is 0 Å². The minimum atomic E-state index is -0.764. The van der Waals surface area contributed by atoms with Crippen molar-refractivity contribution in [3.63, 3.8) is 0 Å². The van der Waals surface area contributed by atoms with E-state index in [9.17, 15) is 9.59 Å². The lowest BCUT2D eigenvalue weighted by Crippen LogP contribution is -2.44. The van der Waals surface area contributed by atoms with Crippen LogP contribution in [0.3, 0.4) is 0 Å². The maximum atomic E-state index is 12.3. The van der Waals surface area contributed by atoms with E-state index in [0.717, 1.165) is 38.9 Å². The van der Waals surface area contributed by atoms with Gasteiger partial charge in [0.15, 0.2) is 0 Å². The molecule has 1 aliphatic carbocycles. The van der Waals surface area contributed by atoms with E-state index in [1.807, 2.05) is 6.92 Å². The van der Waals surface area contributed by atoms with E-state index in [1.165, 1.54) is 0 Å². The van der Waals surface area contributed by atoms with Crippen LogP contribution in [0, 0.1) is 17.8 Å². The molecule has 3 unspecified atom stereocenters. The molecule has 0 spiro atoms. The summed E-state index contributed by atoms with van der Waals surface area (Å²) in [6.45, 7) is 3.59. The first-order valence-corrected chi connectivity index (χ1v) is 7.69. The Bertz CT molecular complexity index is 352. The molecule has 0 bridgehead atoms. The zero-order valence-corrected chi connectivity index (χ0v) is 12.1. The molecule has 2 N–H and O–H groups in total. The Morgan fingerprint density at radius 2 is 1.80 bits per heavy atom. The Morgan fingerprint density at radius 1 is 1.15 bits per heavy atom. The van der Waals surface area contributed by atoms with E-state index < -0.39 is 5.97 Å². The molecule has 5 heteroatoms. The van der Waals surface area contributed by atoms with Gasteiger partial charge in [-0.25, -0.2) is 0 Å². The van der Waals surface area contributed by atoms with E-state index in [0.29, 0.717) is 18.8 Å². The number of aliphatic carboxylic acids is 1. The Hall–Kier alpha value is -1.10. The van der Waals surface area contributed by atoms with E-state index in [2.05, 4.69) is 5.32 Å². The van der Waals surface area contributed by atoms with Gasteiger partial charge in [0, 0.05) is 25.2 Å². The van der Waals surface area contributed by atoms with Gasteiger partial charge in [-0.1, -0.05) is 6.42 Å². The van der Waals surface area contributed by atoms with Gasteiger partial charge in [-0.15, -0.1) is 0 Å². The van der Waals surface area contributed by atoms with Gasteiger partial charge in [-0.3, -0.25) is 9.59 Å². The molecule has 20 heavy (non-hydrogen) atoms. The third-order valence-electron chi connectivity index (χ3n) is 4.74. The fraction of sp³-hybridized carbons (Fsp3) is 0.867. The molecule has 1 aliphatic heterocycles. The summed E-state index contributed by atoms with van der Waals surface area (Å²) in [5.41, 5.74) is 0. The maximum Gasteiger partial charge on any atom is 0.306 e. The lowest BCUT2D eigenvalue weighted by molar-refractivity contribution is -0.144. The van der Waals surface area contributed by atoms with Crippen molar-refractivity contribution in [3.8, 4) is 0 Å². The first-order valence-electron chi connectivity index (χ1n) is 7.69. The molecular weight excluding hydrogens is 258 g/mol. The number of amides is 1. The molecule has 0 aromatic heterocycles. The van der Waals surface area contributed by atoms with Crippen molar-refractivity contribution in [2.24, 2.45) is 17.8 Å². The second-order valence-corrected chi connectivity index (χ2v) is 6.15. The predicted molar refractivity (Wildman–Crippen MR) is 74.2 cm³/mol. The van der Waals surface area contributed by atoms with Crippen molar-refractivity contribution < 1.29 is 19.4 Å². The predicted octanol–water partition coefficient (Wildman–Crippen LogP) is 1.81. The van der Waals surface area contributed by atoms with Gasteiger partial charge in [-0.05, 0) is 44.9 Å². The molecule has 1 saturated carbocycles. The van der Waals surface area contributed by atoms with Crippen LogP contribution in [-0.2, 0) is 14.3 Å². The van der Waals surface area contributed by atoms with Crippen LogP contribution in [0.2, 0.25) is 0 Å². The highest BCUT2D eigenvalue weighted by Crippen LogP contribution is 2.30. The zero-order valence-electron chi connectivity index (χ0n) is 12.1. The van der Waals surface area contributed by atoms with Crippen molar-refractivity contribution in [1.29, 1.82) is 0 Å². The molecule has 2 rings (SSSR count). The van der Waals surface area contributed by atoms with Crippen molar-refractivity contribution in [3.05, 3.63) is 0 Å². The van der Waals surface area contributed by atoms with Gasteiger partial charge in [-0.2, -0.15) is 0 Å². The van der Waals surface area contributed by atoms with Crippen molar-refractivity contribution >= 4 is 11.9 Å². The molecule has 5 nitrogen and oxygen atoms in total. The number of carbonyl (C=O) groups is 2. The molecule has 2 aliphatic rings. The lowest BCUT2D eigenvalue weighted by atomic mass is 9.80. The highest BCUT2D eigenvalue weighted by Gasteiger charge is 2.32. The number of hydrogen-bond acceptors (Lipinski definition) is 3. The third kappa shape index (κ3) is 3.95. The quantitative estimate of drug-likeness (QED) is 0.825. The highest BCUT2D eigenvalue weighted by atomic mass is 16.5. The first kappa shape index (κ1) is 15.3. The number of rotatable bonds is 4. The van der Waals surface area contributed by atoms with Crippen LogP contribution >= 0.6 is 0 Å². The summed E-state index contributed by atoms with van der Waals surface area (Å²) >= 11 is 0. The van der Waals surface area contributed by atoms with Crippen molar-refractivity contribution in [2.45, 2.75) is 51.5 Å². The fourth-order valence-corrected chi connectivity index (χ4v) is 3.33. The molecule has 3 atom stereocenters. The topological polar surface area (TPSA) is 75.6 Å². The third-order valence-corrected chi connectivity index (χ3v) is 4.74. The summed E-state index contributed by atoms with van der Waals surface area (Å²) in [5, 5.41) is 12.2. The van der Waals surface area contributed by atoms with Crippen molar-refractivity contribution in [1.82, 2.24) is 5.32 Å². The van der Waals surface area contributed by atoms with E-state index in [-0.39, 0.29) is 23.8 Å². The molecule has 2 fully saturated rings. The van der Waals surface area contributed by atoms with Gasteiger partial charge in [0.25, 0.3) is 0 Å². The summed E-state index contributed by atoms with van der Waals surface area (Å²) in [5.74, 6) is -0.730. The van der Waals surface area contributed by atoms with Gasteiger partial charge in [0.05, 0.1) is 5.92 Å². The van der Waals surface area contributed by atoms with Crippen molar-refractivity contribution in [2.75, 3.05) is 13.2 Å². The van der Waals surface area contributed by atoms with Crippen LogP contribution in [0.4, 0.5) is 0 Å². The summed E-state index contributed by atoms with van der Waals surface area (Å²) in [4.78, 5) is 23.3. The summed E-state index contributed by atoms with van der Waals surface area (Å²) in [6, 6.07) is 0.150.